The fraction of sp³-hybridized carbons (Fsp3) is 0.316. The first-order chi connectivity index (χ1) is 13.2. The van der Waals surface area contributed by atoms with Crippen LogP contribution in [0, 0.1) is 0 Å². The fourth-order valence-corrected chi connectivity index (χ4v) is 2.66. The van der Waals surface area contributed by atoms with Crippen molar-refractivity contribution < 1.29 is 14.0 Å². The Morgan fingerprint density at radius 1 is 1.19 bits per heavy atom. The van der Waals surface area contributed by atoms with Gasteiger partial charge in [0.1, 0.15) is 23.9 Å². The van der Waals surface area contributed by atoms with Crippen LogP contribution in [0.2, 0.25) is 0 Å². The third kappa shape index (κ3) is 4.11. The molecule has 0 spiro atoms. The van der Waals surface area contributed by atoms with Gasteiger partial charge in [0.2, 0.25) is 5.95 Å². The van der Waals surface area contributed by atoms with Crippen molar-refractivity contribution in [3.63, 3.8) is 0 Å². The normalized spacial score (nSPS) is 13.3. The van der Waals surface area contributed by atoms with Crippen LogP contribution >= 0.6 is 0 Å². The molecule has 8 nitrogen and oxygen atoms in total. The first-order valence-corrected chi connectivity index (χ1v) is 8.79. The summed E-state index contributed by atoms with van der Waals surface area (Å²) in [4.78, 5) is 8.57. The van der Waals surface area contributed by atoms with Crippen LogP contribution in [0.4, 0.5) is 17.5 Å². The summed E-state index contributed by atoms with van der Waals surface area (Å²) < 4.78 is 16.7. The fourth-order valence-electron chi connectivity index (χ4n) is 2.66. The summed E-state index contributed by atoms with van der Waals surface area (Å²) in [6.07, 6.45) is 4.03. The van der Waals surface area contributed by atoms with Crippen molar-refractivity contribution >= 4 is 17.5 Å². The van der Waals surface area contributed by atoms with Gasteiger partial charge in [0.25, 0.3) is 0 Å². The average Bonchev–Trinajstić information content (AvgIpc) is 3.45. The van der Waals surface area contributed by atoms with E-state index < -0.39 is 0 Å². The van der Waals surface area contributed by atoms with Gasteiger partial charge in [-0.25, -0.2) is 4.98 Å². The third-order valence-electron chi connectivity index (χ3n) is 4.26. The molecule has 2 N–H and O–H groups in total. The van der Waals surface area contributed by atoms with E-state index in [9.17, 15) is 0 Å². The Morgan fingerprint density at radius 2 is 2.07 bits per heavy atom. The van der Waals surface area contributed by atoms with Gasteiger partial charge in [-0.05, 0) is 31.0 Å². The molecule has 2 aromatic heterocycles. The van der Waals surface area contributed by atoms with Crippen LogP contribution in [0.15, 0.2) is 41.1 Å². The van der Waals surface area contributed by atoms with E-state index >= 15 is 0 Å². The number of ether oxygens (including phenoxy) is 2. The number of nitrogens with zero attached hydrogens (tertiary/aromatic N) is 3. The third-order valence-corrected chi connectivity index (χ3v) is 4.26. The number of hydrogen-bond donors (Lipinski definition) is 2. The van der Waals surface area contributed by atoms with Gasteiger partial charge >= 0.3 is 0 Å². The van der Waals surface area contributed by atoms with E-state index in [0.29, 0.717) is 30.0 Å². The molecule has 1 aliphatic rings. The second kappa shape index (κ2) is 7.53. The molecule has 1 fully saturated rings. The van der Waals surface area contributed by atoms with Gasteiger partial charge in [0, 0.05) is 37.0 Å². The summed E-state index contributed by atoms with van der Waals surface area (Å²) in [5.74, 6) is 3.93. The van der Waals surface area contributed by atoms with Gasteiger partial charge in [-0.15, -0.1) is 0 Å². The highest BCUT2D eigenvalue weighted by molar-refractivity contribution is 5.60. The number of aromatic nitrogens is 3. The minimum Gasteiger partial charge on any atom is -0.493 e. The van der Waals surface area contributed by atoms with Crippen LogP contribution in [0.25, 0.3) is 0 Å². The van der Waals surface area contributed by atoms with Gasteiger partial charge in [-0.1, -0.05) is 5.16 Å². The predicted molar refractivity (Wildman–Crippen MR) is 101 cm³/mol. The monoisotopic (exact) mass is 367 g/mol. The summed E-state index contributed by atoms with van der Waals surface area (Å²) >= 11 is 0. The van der Waals surface area contributed by atoms with Crippen LogP contribution in [0.1, 0.15) is 30.2 Å². The highest BCUT2D eigenvalue weighted by atomic mass is 16.5. The first kappa shape index (κ1) is 17.1. The Morgan fingerprint density at radius 3 is 2.85 bits per heavy atom. The zero-order chi connectivity index (χ0) is 18.6. The van der Waals surface area contributed by atoms with E-state index in [2.05, 4.69) is 25.8 Å². The van der Waals surface area contributed by atoms with Crippen molar-refractivity contribution in [3.8, 4) is 11.5 Å². The molecule has 0 aliphatic heterocycles. The van der Waals surface area contributed by atoms with E-state index in [1.165, 1.54) is 12.8 Å². The van der Waals surface area contributed by atoms with Crippen molar-refractivity contribution in [2.75, 3.05) is 24.8 Å². The molecule has 1 saturated carbocycles. The molecule has 0 saturated heterocycles. The largest absolute Gasteiger partial charge is 0.493 e. The summed E-state index contributed by atoms with van der Waals surface area (Å²) in [6.45, 7) is 0.307. The maximum absolute atomic E-state index is 5.91. The molecule has 27 heavy (non-hydrogen) atoms. The number of methoxy groups -OCH3 is 1. The number of hydrogen-bond acceptors (Lipinski definition) is 8. The lowest BCUT2D eigenvalue weighted by atomic mass is 10.2. The molecule has 4 rings (SSSR count). The van der Waals surface area contributed by atoms with Gasteiger partial charge in [0.15, 0.2) is 11.5 Å². The van der Waals surface area contributed by atoms with Crippen LogP contribution in [-0.4, -0.2) is 29.3 Å². The Hall–Kier alpha value is -3.29. The van der Waals surface area contributed by atoms with Crippen molar-refractivity contribution in [1.29, 1.82) is 0 Å². The maximum Gasteiger partial charge on any atom is 0.229 e. The first-order valence-electron chi connectivity index (χ1n) is 8.79. The van der Waals surface area contributed by atoms with E-state index in [-0.39, 0.29) is 0 Å². The number of anilines is 3. The summed E-state index contributed by atoms with van der Waals surface area (Å²) in [5.41, 5.74) is 1.56. The van der Waals surface area contributed by atoms with Gasteiger partial charge in [-0.2, -0.15) is 4.98 Å². The molecule has 0 unspecified atom stereocenters. The quantitative estimate of drug-likeness (QED) is 0.622. The molecular formula is C19H21N5O3. The molecule has 2 heterocycles. The van der Waals surface area contributed by atoms with Crippen LogP contribution < -0.4 is 20.1 Å². The summed E-state index contributed by atoms with van der Waals surface area (Å²) in [5, 5.41) is 10.2. The summed E-state index contributed by atoms with van der Waals surface area (Å²) in [6, 6.07) is 9.31. The topological polar surface area (TPSA) is 94.3 Å². The molecular weight excluding hydrogens is 346 g/mol. The zero-order valence-corrected chi connectivity index (χ0v) is 15.2. The Bertz CT molecular complexity index is 923. The second-order valence-corrected chi connectivity index (χ2v) is 6.29. The molecule has 3 aromatic rings. The summed E-state index contributed by atoms with van der Waals surface area (Å²) in [7, 11) is 3.42. The Labute approximate surface area is 156 Å². The van der Waals surface area contributed by atoms with Crippen molar-refractivity contribution in [3.05, 3.63) is 48.0 Å². The molecule has 140 valence electrons. The number of rotatable bonds is 8. The minimum atomic E-state index is 0.307. The molecule has 1 aliphatic carbocycles. The number of benzene rings is 1. The lowest BCUT2D eigenvalue weighted by Gasteiger charge is -2.12. The van der Waals surface area contributed by atoms with E-state index in [1.54, 1.807) is 19.4 Å². The zero-order valence-electron chi connectivity index (χ0n) is 15.2. The van der Waals surface area contributed by atoms with Gasteiger partial charge in [-0.3, -0.25) is 0 Å². The average molecular weight is 367 g/mol. The van der Waals surface area contributed by atoms with E-state index in [0.717, 1.165) is 23.0 Å². The van der Waals surface area contributed by atoms with Crippen LogP contribution in [0.3, 0.4) is 0 Å². The highest BCUT2D eigenvalue weighted by Gasteiger charge is 2.27. The Balaban J connectivity index is 1.47. The molecule has 0 bridgehead atoms. The van der Waals surface area contributed by atoms with E-state index in [1.807, 2.05) is 31.3 Å². The highest BCUT2D eigenvalue weighted by Crippen LogP contribution is 2.40. The number of nitrogens with one attached hydrogen (secondary N) is 2. The molecule has 8 heteroatoms. The van der Waals surface area contributed by atoms with Crippen molar-refractivity contribution in [1.82, 2.24) is 15.1 Å². The minimum absolute atomic E-state index is 0.307. The van der Waals surface area contributed by atoms with Crippen LogP contribution in [-0.2, 0) is 6.61 Å². The second-order valence-electron chi connectivity index (χ2n) is 6.29. The van der Waals surface area contributed by atoms with E-state index in [4.69, 9.17) is 14.0 Å². The molecule has 0 amide bonds. The lowest BCUT2D eigenvalue weighted by molar-refractivity contribution is 0.271. The van der Waals surface area contributed by atoms with Gasteiger partial charge < -0.3 is 24.6 Å². The predicted octanol–water partition coefficient (Wildman–Crippen LogP) is 3.71. The smallest absolute Gasteiger partial charge is 0.229 e. The Kier molecular flexibility index (Phi) is 4.78. The molecule has 0 atom stereocenters. The maximum atomic E-state index is 5.91. The van der Waals surface area contributed by atoms with Crippen molar-refractivity contribution in [2.45, 2.75) is 25.4 Å². The lowest BCUT2D eigenvalue weighted by Crippen LogP contribution is -2.02. The standard InChI is InChI=1S/C19H21N5O3/c1-20-18-7-8-21-19(23-18)22-13-5-6-15(25-2)17(9-13)26-11-14-10-16(27-24-14)12-3-4-12/h5-10,12H,3-4,11H2,1-2H3,(H2,20,21,22,23). The van der Waals surface area contributed by atoms with Crippen molar-refractivity contribution in [2.24, 2.45) is 0 Å². The van der Waals surface area contributed by atoms with Crippen LogP contribution in [0.5, 0.6) is 11.5 Å². The SMILES string of the molecule is CNc1ccnc(Nc2ccc(OC)c(OCc3cc(C4CC4)on3)c2)n1. The van der Waals surface area contributed by atoms with Gasteiger partial charge in [0.05, 0.1) is 7.11 Å². The molecule has 0 radical (unpaired) electrons. The molecule has 1 aromatic carbocycles.